The summed E-state index contributed by atoms with van der Waals surface area (Å²) in [6, 6.07) is 3.44. The van der Waals surface area contributed by atoms with Crippen LogP contribution in [0, 0.1) is 17.6 Å². The molecule has 0 aliphatic rings. The molecule has 0 aliphatic heterocycles. The van der Waals surface area contributed by atoms with Crippen LogP contribution >= 0.6 is 0 Å². The summed E-state index contributed by atoms with van der Waals surface area (Å²) in [5.74, 6) is -1.72. The maximum atomic E-state index is 13.3. The van der Waals surface area contributed by atoms with E-state index < -0.39 is 23.0 Å². The molecular weight excluding hydrogens is 224 g/mol. The molecule has 1 rings (SSSR count). The van der Waals surface area contributed by atoms with Gasteiger partial charge in [-0.3, -0.25) is 9.69 Å². The van der Waals surface area contributed by atoms with Crippen LogP contribution in [-0.2, 0) is 0 Å². The lowest BCUT2D eigenvalue weighted by atomic mass is 10.1. The summed E-state index contributed by atoms with van der Waals surface area (Å²) in [6.45, 7) is 4.77. The normalized spacial score (nSPS) is 11.2. The molecule has 0 bridgehead atoms. The van der Waals surface area contributed by atoms with E-state index in [0.29, 0.717) is 12.5 Å². The number of benzene rings is 1. The van der Waals surface area contributed by atoms with E-state index in [4.69, 9.17) is 0 Å². The van der Waals surface area contributed by atoms with Crippen molar-refractivity contribution in [3.8, 4) is 0 Å². The Balaban J connectivity index is 2.77. The van der Waals surface area contributed by atoms with Crippen LogP contribution in [0.25, 0.3) is 0 Å². The third-order valence-electron chi connectivity index (χ3n) is 2.33. The van der Waals surface area contributed by atoms with Crippen molar-refractivity contribution >= 4 is 5.78 Å². The molecule has 0 saturated carbocycles. The number of nitrogens with zero attached hydrogens (tertiary/aromatic N) is 1. The number of likely N-dealkylation sites (N-methyl/N-ethyl adjacent to an activating group) is 1. The molecule has 1 aromatic rings. The highest BCUT2D eigenvalue weighted by molar-refractivity contribution is 5.98. The Morgan fingerprint density at radius 1 is 1.29 bits per heavy atom. The Hall–Kier alpha value is -1.29. The Morgan fingerprint density at radius 3 is 2.29 bits per heavy atom. The Bertz CT molecular complexity index is 384. The zero-order valence-electron chi connectivity index (χ0n) is 10.3. The second-order valence-electron chi connectivity index (χ2n) is 4.61. The van der Waals surface area contributed by atoms with Crippen molar-refractivity contribution in [2.75, 3.05) is 20.1 Å². The fraction of sp³-hybridized carbons (Fsp3) is 0.462. The summed E-state index contributed by atoms with van der Waals surface area (Å²) in [4.78, 5) is 13.5. The van der Waals surface area contributed by atoms with Gasteiger partial charge in [0.2, 0.25) is 0 Å². The standard InChI is InChI=1S/C13H17F2NO/c1-9(2)7-16(3)8-12(17)13-10(14)5-4-6-11(13)15/h4-6,9H,7-8H2,1-3H3. The van der Waals surface area contributed by atoms with Crippen molar-refractivity contribution in [2.45, 2.75) is 13.8 Å². The number of hydrogen-bond donors (Lipinski definition) is 0. The minimum absolute atomic E-state index is 0.0238. The lowest BCUT2D eigenvalue weighted by Crippen LogP contribution is -2.30. The molecule has 1 aromatic carbocycles. The highest BCUT2D eigenvalue weighted by atomic mass is 19.1. The number of hydrogen-bond acceptors (Lipinski definition) is 2. The van der Waals surface area contributed by atoms with Crippen LogP contribution in [0.4, 0.5) is 8.78 Å². The monoisotopic (exact) mass is 241 g/mol. The highest BCUT2D eigenvalue weighted by Gasteiger charge is 2.18. The van der Waals surface area contributed by atoms with Crippen LogP contribution in [0.2, 0.25) is 0 Å². The van der Waals surface area contributed by atoms with E-state index in [2.05, 4.69) is 0 Å². The van der Waals surface area contributed by atoms with Gasteiger partial charge in [-0.2, -0.15) is 0 Å². The first-order valence-corrected chi connectivity index (χ1v) is 5.57. The van der Waals surface area contributed by atoms with Crippen LogP contribution < -0.4 is 0 Å². The van der Waals surface area contributed by atoms with E-state index in [0.717, 1.165) is 12.1 Å². The van der Waals surface area contributed by atoms with Gasteiger partial charge in [0.05, 0.1) is 12.1 Å². The molecule has 0 fully saturated rings. The molecule has 94 valence electrons. The molecule has 0 amide bonds. The predicted octanol–water partition coefficient (Wildman–Crippen LogP) is 2.74. The Labute approximate surface area is 100 Å². The average molecular weight is 241 g/mol. The maximum Gasteiger partial charge on any atom is 0.182 e. The zero-order chi connectivity index (χ0) is 13.0. The van der Waals surface area contributed by atoms with Gasteiger partial charge < -0.3 is 0 Å². The van der Waals surface area contributed by atoms with E-state index in [1.807, 2.05) is 13.8 Å². The Morgan fingerprint density at radius 2 is 1.82 bits per heavy atom. The van der Waals surface area contributed by atoms with E-state index in [1.165, 1.54) is 6.07 Å². The van der Waals surface area contributed by atoms with Crippen molar-refractivity contribution < 1.29 is 13.6 Å². The van der Waals surface area contributed by atoms with Crippen LogP contribution in [-0.4, -0.2) is 30.8 Å². The van der Waals surface area contributed by atoms with Crippen LogP contribution in [0.15, 0.2) is 18.2 Å². The number of carbonyl (C=O) groups excluding carboxylic acids is 1. The molecule has 0 aliphatic carbocycles. The number of ketones is 1. The van der Waals surface area contributed by atoms with Gasteiger partial charge in [-0.25, -0.2) is 8.78 Å². The molecule has 17 heavy (non-hydrogen) atoms. The van der Waals surface area contributed by atoms with Crippen molar-refractivity contribution in [1.29, 1.82) is 0 Å². The molecule has 0 aromatic heterocycles. The number of carbonyl (C=O) groups is 1. The topological polar surface area (TPSA) is 20.3 Å². The molecule has 4 heteroatoms. The summed E-state index contributed by atoms with van der Waals surface area (Å²) in [7, 11) is 1.76. The SMILES string of the molecule is CC(C)CN(C)CC(=O)c1c(F)cccc1F. The van der Waals surface area contributed by atoms with Crippen LogP contribution in [0.1, 0.15) is 24.2 Å². The lowest BCUT2D eigenvalue weighted by Gasteiger charge is -2.18. The van der Waals surface area contributed by atoms with Gasteiger partial charge in [0.1, 0.15) is 11.6 Å². The van der Waals surface area contributed by atoms with E-state index in [1.54, 1.807) is 11.9 Å². The van der Waals surface area contributed by atoms with Gasteiger partial charge in [-0.05, 0) is 25.1 Å². The molecular formula is C13H17F2NO. The number of halogens is 2. The van der Waals surface area contributed by atoms with Crippen molar-refractivity contribution in [2.24, 2.45) is 5.92 Å². The van der Waals surface area contributed by atoms with Crippen molar-refractivity contribution in [3.63, 3.8) is 0 Å². The minimum atomic E-state index is -0.798. The quantitative estimate of drug-likeness (QED) is 0.739. The molecule has 0 saturated heterocycles. The number of rotatable bonds is 5. The summed E-state index contributed by atoms with van der Waals surface area (Å²) >= 11 is 0. The largest absolute Gasteiger partial charge is 0.299 e. The summed E-state index contributed by atoms with van der Waals surface area (Å²) < 4.78 is 26.7. The highest BCUT2D eigenvalue weighted by Crippen LogP contribution is 2.13. The van der Waals surface area contributed by atoms with Gasteiger partial charge in [-0.1, -0.05) is 19.9 Å². The third-order valence-corrected chi connectivity index (χ3v) is 2.33. The van der Waals surface area contributed by atoms with Gasteiger partial charge in [-0.15, -0.1) is 0 Å². The van der Waals surface area contributed by atoms with Gasteiger partial charge >= 0.3 is 0 Å². The molecule has 0 N–H and O–H groups in total. The fourth-order valence-electron chi connectivity index (χ4n) is 1.78. The third kappa shape index (κ3) is 3.89. The van der Waals surface area contributed by atoms with Gasteiger partial charge in [0.15, 0.2) is 5.78 Å². The first kappa shape index (κ1) is 13.8. The second-order valence-corrected chi connectivity index (χ2v) is 4.61. The molecule has 0 spiro atoms. The smallest absolute Gasteiger partial charge is 0.182 e. The van der Waals surface area contributed by atoms with E-state index in [9.17, 15) is 13.6 Å². The molecule has 0 heterocycles. The van der Waals surface area contributed by atoms with E-state index >= 15 is 0 Å². The second kappa shape index (κ2) is 5.87. The van der Waals surface area contributed by atoms with Gasteiger partial charge in [0, 0.05) is 6.54 Å². The minimum Gasteiger partial charge on any atom is -0.299 e. The van der Waals surface area contributed by atoms with Gasteiger partial charge in [0.25, 0.3) is 0 Å². The first-order chi connectivity index (χ1) is 7.91. The molecule has 0 atom stereocenters. The van der Waals surface area contributed by atoms with Crippen LogP contribution in [0.3, 0.4) is 0 Å². The predicted molar refractivity (Wildman–Crippen MR) is 63.0 cm³/mol. The average Bonchev–Trinajstić information content (AvgIpc) is 2.15. The summed E-state index contributed by atoms with van der Waals surface area (Å²) in [5, 5.41) is 0. The van der Waals surface area contributed by atoms with Crippen molar-refractivity contribution in [1.82, 2.24) is 4.90 Å². The maximum absolute atomic E-state index is 13.3. The fourth-order valence-corrected chi connectivity index (χ4v) is 1.78. The summed E-state index contributed by atoms with van der Waals surface area (Å²) in [5.41, 5.74) is -0.442. The number of Topliss-reactive ketones (excluding diaryl/α,β-unsaturated/α-hetero) is 1. The molecule has 2 nitrogen and oxygen atoms in total. The van der Waals surface area contributed by atoms with E-state index in [-0.39, 0.29) is 6.54 Å². The zero-order valence-corrected chi connectivity index (χ0v) is 10.3. The molecule has 0 unspecified atom stereocenters. The lowest BCUT2D eigenvalue weighted by molar-refractivity contribution is 0.0932. The Kier molecular flexibility index (Phi) is 4.75. The summed E-state index contributed by atoms with van der Waals surface area (Å²) in [6.07, 6.45) is 0. The van der Waals surface area contributed by atoms with Crippen molar-refractivity contribution in [3.05, 3.63) is 35.4 Å². The molecule has 0 radical (unpaired) electrons. The van der Waals surface area contributed by atoms with Crippen LogP contribution in [0.5, 0.6) is 0 Å². The first-order valence-electron chi connectivity index (χ1n) is 5.57.